The lowest BCUT2D eigenvalue weighted by atomic mass is 10.1. The molecule has 21 heavy (non-hydrogen) atoms. The molecule has 0 saturated heterocycles. The molecular formula is C12H18N4O5. The van der Waals surface area contributed by atoms with Gasteiger partial charge in [0.05, 0.1) is 12.9 Å². The van der Waals surface area contributed by atoms with E-state index >= 15 is 0 Å². The van der Waals surface area contributed by atoms with Crippen molar-refractivity contribution < 1.29 is 24.2 Å². The average Bonchev–Trinajstić information content (AvgIpc) is 2.90. The van der Waals surface area contributed by atoms with Crippen LogP contribution >= 0.6 is 0 Å². The number of rotatable bonds is 7. The third-order valence-corrected chi connectivity index (χ3v) is 2.57. The van der Waals surface area contributed by atoms with E-state index in [1.54, 1.807) is 6.92 Å². The lowest BCUT2D eigenvalue weighted by Crippen LogP contribution is -2.51. The Bertz CT molecular complexity index is 488. The molecule has 0 fully saturated rings. The number of urea groups is 1. The Labute approximate surface area is 121 Å². The van der Waals surface area contributed by atoms with E-state index in [1.165, 1.54) is 19.4 Å². The summed E-state index contributed by atoms with van der Waals surface area (Å²) < 4.78 is 4.73. The van der Waals surface area contributed by atoms with Gasteiger partial charge in [0.1, 0.15) is 12.1 Å². The summed E-state index contributed by atoms with van der Waals surface area (Å²) in [4.78, 5) is 40.7. The summed E-state index contributed by atoms with van der Waals surface area (Å²) in [7, 11) is 0. The first-order chi connectivity index (χ1) is 9.93. The maximum atomic E-state index is 11.7. The number of nitrogens with zero attached hydrogens (tertiary/aromatic N) is 1. The Morgan fingerprint density at radius 2 is 2.14 bits per heavy atom. The van der Waals surface area contributed by atoms with E-state index in [0.29, 0.717) is 5.69 Å². The lowest BCUT2D eigenvalue weighted by molar-refractivity contribution is -0.144. The molecule has 0 bridgehead atoms. The number of nitrogens with one attached hydrogen (secondary N) is 3. The van der Waals surface area contributed by atoms with Crippen LogP contribution in [0.25, 0.3) is 0 Å². The van der Waals surface area contributed by atoms with E-state index in [9.17, 15) is 14.4 Å². The standard InChI is InChI=1S/C12H18N4O5/c1-3-21-11(19)7(2)15-12(20)16-9(10(17)18)4-8-5-13-6-14-8/h5-7,9H,3-4H2,1-2H3,(H,13,14)(H,17,18)(H2,15,16,20)/t7?,9-/m1/s1. The molecule has 0 aliphatic heterocycles. The zero-order valence-electron chi connectivity index (χ0n) is 11.8. The first-order valence-electron chi connectivity index (χ1n) is 6.37. The van der Waals surface area contributed by atoms with Gasteiger partial charge < -0.3 is 25.5 Å². The number of carboxylic acids is 1. The molecule has 0 spiro atoms. The second-order valence-corrected chi connectivity index (χ2v) is 4.26. The third-order valence-electron chi connectivity index (χ3n) is 2.57. The number of imidazole rings is 1. The van der Waals surface area contributed by atoms with Crippen LogP contribution < -0.4 is 10.6 Å². The highest BCUT2D eigenvalue weighted by Gasteiger charge is 2.23. The van der Waals surface area contributed by atoms with Gasteiger partial charge in [-0.2, -0.15) is 0 Å². The molecular weight excluding hydrogens is 280 g/mol. The van der Waals surface area contributed by atoms with Crippen LogP contribution in [0.3, 0.4) is 0 Å². The van der Waals surface area contributed by atoms with Crippen molar-refractivity contribution in [2.75, 3.05) is 6.61 Å². The van der Waals surface area contributed by atoms with E-state index in [4.69, 9.17) is 9.84 Å². The molecule has 0 aliphatic rings. The predicted octanol–water partition coefficient (Wildman–Crippen LogP) is -0.344. The van der Waals surface area contributed by atoms with Gasteiger partial charge in [0.2, 0.25) is 0 Å². The number of hydrogen-bond acceptors (Lipinski definition) is 5. The largest absolute Gasteiger partial charge is 0.480 e. The van der Waals surface area contributed by atoms with E-state index in [-0.39, 0.29) is 13.0 Å². The van der Waals surface area contributed by atoms with Crippen molar-refractivity contribution in [3.8, 4) is 0 Å². The maximum Gasteiger partial charge on any atom is 0.328 e. The van der Waals surface area contributed by atoms with Crippen molar-refractivity contribution in [3.05, 3.63) is 18.2 Å². The first kappa shape index (κ1) is 16.5. The van der Waals surface area contributed by atoms with Gasteiger partial charge >= 0.3 is 18.0 Å². The van der Waals surface area contributed by atoms with E-state index in [0.717, 1.165) is 0 Å². The topological polar surface area (TPSA) is 133 Å². The Kier molecular flexibility index (Phi) is 6.18. The van der Waals surface area contributed by atoms with Crippen LogP contribution in [0.4, 0.5) is 4.79 Å². The zero-order chi connectivity index (χ0) is 15.8. The first-order valence-corrected chi connectivity index (χ1v) is 6.37. The number of aromatic amines is 1. The Balaban J connectivity index is 2.53. The number of esters is 1. The Morgan fingerprint density at radius 3 is 2.67 bits per heavy atom. The normalized spacial score (nSPS) is 13.0. The van der Waals surface area contributed by atoms with Gasteiger partial charge in [0, 0.05) is 18.3 Å². The number of H-pyrrole nitrogens is 1. The monoisotopic (exact) mass is 298 g/mol. The number of hydrogen-bond donors (Lipinski definition) is 4. The maximum absolute atomic E-state index is 11.7. The summed E-state index contributed by atoms with van der Waals surface area (Å²) in [6, 6.07) is -2.77. The van der Waals surface area contributed by atoms with Crippen molar-refractivity contribution in [2.24, 2.45) is 0 Å². The molecule has 1 unspecified atom stereocenters. The number of ether oxygens (including phenoxy) is 1. The Morgan fingerprint density at radius 1 is 1.43 bits per heavy atom. The highest BCUT2D eigenvalue weighted by atomic mass is 16.5. The second kappa shape index (κ2) is 7.88. The fourth-order valence-electron chi connectivity index (χ4n) is 1.54. The molecule has 1 aromatic rings. The van der Waals surface area contributed by atoms with Crippen LogP contribution in [0, 0.1) is 0 Å². The molecule has 0 aliphatic carbocycles. The van der Waals surface area contributed by atoms with E-state index in [1.807, 2.05) is 0 Å². The fourth-order valence-corrected chi connectivity index (χ4v) is 1.54. The van der Waals surface area contributed by atoms with E-state index < -0.39 is 30.1 Å². The minimum absolute atomic E-state index is 0.0521. The van der Waals surface area contributed by atoms with Crippen LogP contribution in [0.2, 0.25) is 0 Å². The molecule has 116 valence electrons. The number of amides is 2. The highest BCUT2D eigenvalue weighted by Crippen LogP contribution is 1.99. The summed E-state index contributed by atoms with van der Waals surface area (Å²) in [6.45, 7) is 3.29. The van der Waals surface area contributed by atoms with Crippen LogP contribution in [-0.4, -0.2) is 51.7 Å². The van der Waals surface area contributed by atoms with Crippen LogP contribution in [-0.2, 0) is 20.7 Å². The minimum atomic E-state index is -1.19. The van der Waals surface area contributed by atoms with E-state index in [2.05, 4.69) is 20.6 Å². The molecule has 1 aromatic heterocycles. The molecule has 1 heterocycles. The van der Waals surface area contributed by atoms with Crippen molar-refractivity contribution in [1.82, 2.24) is 20.6 Å². The fraction of sp³-hybridized carbons (Fsp3) is 0.500. The highest BCUT2D eigenvalue weighted by molar-refractivity contribution is 5.86. The SMILES string of the molecule is CCOC(=O)C(C)NC(=O)N[C@H](Cc1cnc[nH]1)C(=O)O. The number of aliphatic carboxylic acids is 1. The number of carboxylic acid groups (broad SMARTS) is 1. The van der Waals surface area contributed by atoms with Gasteiger partial charge in [-0.1, -0.05) is 0 Å². The Hall–Kier alpha value is -2.58. The van der Waals surface area contributed by atoms with Crippen molar-refractivity contribution in [3.63, 3.8) is 0 Å². The quantitative estimate of drug-likeness (QED) is 0.509. The zero-order valence-corrected chi connectivity index (χ0v) is 11.8. The van der Waals surface area contributed by atoms with Crippen LogP contribution in [0.5, 0.6) is 0 Å². The lowest BCUT2D eigenvalue weighted by Gasteiger charge is -2.17. The average molecular weight is 298 g/mol. The van der Waals surface area contributed by atoms with Crippen LogP contribution in [0.1, 0.15) is 19.5 Å². The molecule has 2 atom stereocenters. The van der Waals surface area contributed by atoms with Crippen molar-refractivity contribution in [1.29, 1.82) is 0 Å². The summed E-state index contributed by atoms with van der Waals surface area (Å²) in [6.07, 6.45) is 2.93. The molecule has 9 nitrogen and oxygen atoms in total. The van der Waals surface area contributed by atoms with Gasteiger partial charge in [-0.25, -0.2) is 19.4 Å². The number of carbonyl (C=O) groups is 3. The molecule has 0 radical (unpaired) electrons. The van der Waals surface area contributed by atoms with Gasteiger partial charge in [-0.15, -0.1) is 0 Å². The molecule has 1 rings (SSSR count). The summed E-state index contributed by atoms with van der Waals surface area (Å²) in [5, 5.41) is 13.7. The van der Waals surface area contributed by atoms with Gasteiger partial charge in [-0.3, -0.25) is 0 Å². The smallest absolute Gasteiger partial charge is 0.328 e. The predicted molar refractivity (Wildman–Crippen MR) is 71.5 cm³/mol. The van der Waals surface area contributed by atoms with Crippen LogP contribution in [0.15, 0.2) is 12.5 Å². The second-order valence-electron chi connectivity index (χ2n) is 4.26. The number of aromatic nitrogens is 2. The third kappa shape index (κ3) is 5.51. The number of carbonyl (C=O) groups excluding carboxylic acids is 2. The summed E-state index contributed by atoms with van der Waals surface area (Å²) in [5.41, 5.74) is 0.571. The summed E-state index contributed by atoms with van der Waals surface area (Å²) >= 11 is 0. The van der Waals surface area contributed by atoms with Crippen molar-refractivity contribution >= 4 is 18.0 Å². The van der Waals surface area contributed by atoms with Gasteiger partial charge in [0.25, 0.3) is 0 Å². The summed E-state index contributed by atoms with van der Waals surface area (Å²) in [5.74, 6) is -1.78. The molecule has 9 heteroatoms. The minimum Gasteiger partial charge on any atom is -0.480 e. The molecule has 0 saturated carbocycles. The van der Waals surface area contributed by atoms with Crippen molar-refractivity contribution in [2.45, 2.75) is 32.4 Å². The molecule has 0 aromatic carbocycles. The molecule has 4 N–H and O–H groups in total. The van der Waals surface area contributed by atoms with Gasteiger partial charge in [-0.05, 0) is 13.8 Å². The molecule has 2 amide bonds. The van der Waals surface area contributed by atoms with Gasteiger partial charge in [0.15, 0.2) is 0 Å².